The van der Waals surface area contributed by atoms with Crippen molar-refractivity contribution in [3.05, 3.63) is 0 Å². The first-order valence-electron chi connectivity index (χ1n) is 7.92. The molecule has 0 N–H and O–H groups in total. The second kappa shape index (κ2) is 8.98. The molecule has 1 aliphatic rings. The average Bonchev–Trinajstić information content (AvgIpc) is 2.45. The molecule has 1 fully saturated rings. The highest BCUT2D eigenvalue weighted by Gasteiger charge is 2.34. The summed E-state index contributed by atoms with van der Waals surface area (Å²) >= 11 is 0. The lowest BCUT2D eigenvalue weighted by Gasteiger charge is -2.32. The first-order valence-corrected chi connectivity index (χ1v) is 7.92. The second-order valence-electron chi connectivity index (χ2n) is 5.62. The molecule has 0 aromatic heterocycles. The molecule has 2 atom stereocenters. The summed E-state index contributed by atoms with van der Waals surface area (Å²) in [4.78, 5) is 23.9. The Hall–Kier alpha value is -1.06. The van der Waals surface area contributed by atoms with E-state index in [0.29, 0.717) is 19.1 Å². The van der Waals surface area contributed by atoms with E-state index < -0.39 is 0 Å². The predicted octanol–water partition coefficient (Wildman–Crippen LogP) is 3.34. The molecule has 0 bridgehead atoms. The van der Waals surface area contributed by atoms with E-state index in [1.54, 1.807) is 13.8 Å². The maximum atomic E-state index is 12.1. The summed E-state index contributed by atoms with van der Waals surface area (Å²) in [6, 6.07) is 0. The number of ether oxygens (including phenoxy) is 2. The largest absolute Gasteiger partial charge is 0.466 e. The Morgan fingerprint density at radius 1 is 1.05 bits per heavy atom. The quantitative estimate of drug-likeness (QED) is 0.673. The van der Waals surface area contributed by atoms with Gasteiger partial charge in [0, 0.05) is 0 Å². The van der Waals surface area contributed by atoms with Crippen molar-refractivity contribution in [2.24, 2.45) is 17.8 Å². The number of hydrogen-bond donors (Lipinski definition) is 0. The zero-order valence-corrected chi connectivity index (χ0v) is 13.0. The highest BCUT2D eigenvalue weighted by atomic mass is 16.5. The molecule has 0 amide bonds. The Balaban J connectivity index is 2.68. The number of carbonyl (C=O) groups excluding carboxylic acids is 2. The molecule has 116 valence electrons. The van der Waals surface area contributed by atoms with Crippen LogP contribution in [0.25, 0.3) is 0 Å². The van der Waals surface area contributed by atoms with Crippen LogP contribution < -0.4 is 0 Å². The van der Waals surface area contributed by atoms with E-state index in [1.165, 1.54) is 19.3 Å². The molecular formula is C16H28O4. The summed E-state index contributed by atoms with van der Waals surface area (Å²) in [6.07, 6.45) is 6.18. The standard InChI is InChI=1S/C16H28O4/c1-4-19-15(17)11-14(16(18)20-5-2)12(3)13-9-7-6-8-10-13/h12-14H,4-11H2,1-3H3. The van der Waals surface area contributed by atoms with Crippen molar-refractivity contribution in [2.75, 3.05) is 13.2 Å². The molecule has 4 heteroatoms. The molecule has 4 nitrogen and oxygen atoms in total. The van der Waals surface area contributed by atoms with Crippen molar-refractivity contribution in [2.45, 2.75) is 59.3 Å². The van der Waals surface area contributed by atoms with Gasteiger partial charge in [-0.15, -0.1) is 0 Å². The van der Waals surface area contributed by atoms with Gasteiger partial charge in [-0.2, -0.15) is 0 Å². The van der Waals surface area contributed by atoms with E-state index in [0.717, 1.165) is 12.8 Å². The minimum absolute atomic E-state index is 0.143. The Kier molecular flexibility index (Phi) is 7.63. The smallest absolute Gasteiger partial charge is 0.309 e. The highest BCUT2D eigenvalue weighted by Crippen LogP contribution is 2.35. The minimum atomic E-state index is -0.364. The fourth-order valence-electron chi connectivity index (χ4n) is 3.12. The Morgan fingerprint density at radius 3 is 2.20 bits per heavy atom. The summed E-state index contributed by atoms with van der Waals surface area (Å²) in [5, 5.41) is 0. The predicted molar refractivity (Wildman–Crippen MR) is 77.1 cm³/mol. The van der Waals surface area contributed by atoms with Gasteiger partial charge in [0.1, 0.15) is 0 Å². The number of esters is 2. The van der Waals surface area contributed by atoms with Crippen LogP contribution in [0.1, 0.15) is 59.3 Å². The van der Waals surface area contributed by atoms with Crippen molar-refractivity contribution in [3.63, 3.8) is 0 Å². The molecule has 2 unspecified atom stereocenters. The van der Waals surface area contributed by atoms with Gasteiger partial charge in [0.05, 0.1) is 25.6 Å². The SMILES string of the molecule is CCOC(=O)CC(C(=O)OCC)C(C)C1CCCCC1. The van der Waals surface area contributed by atoms with E-state index in [-0.39, 0.29) is 30.2 Å². The second-order valence-corrected chi connectivity index (χ2v) is 5.62. The summed E-state index contributed by atoms with van der Waals surface area (Å²) in [5.74, 6) is -0.213. The van der Waals surface area contributed by atoms with Crippen LogP contribution in [0.5, 0.6) is 0 Å². The first kappa shape index (κ1) is 17.0. The van der Waals surface area contributed by atoms with Crippen LogP contribution in [-0.2, 0) is 19.1 Å². The van der Waals surface area contributed by atoms with Gasteiger partial charge in [-0.3, -0.25) is 9.59 Å². The Morgan fingerprint density at radius 2 is 1.65 bits per heavy atom. The third-order valence-electron chi connectivity index (χ3n) is 4.31. The average molecular weight is 284 g/mol. The molecule has 1 aliphatic carbocycles. The summed E-state index contributed by atoms with van der Waals surface area (Å²) in [6.45, 7) is 6.37. The van der Waals surface area contributed by atoms with E-state index in [4.69, 9.17) is 9.47 Å². The normalized spacial score (nSPS) is 19.1. The van der Waals surface area contributed by atoms with Crippen molar-refractivity contribution in [3.8, 4) is 0 Å². The van der Waals surface area contributed by atoms with Crippen molar-refractivity contribution in [1.82, 2.24) is 0 Å². The van der Waals surface area contributed by atoms with Crippen LogP contribution >= 0.6 is 0 Å². The lowest BCUT2D eigenvalue weighted by atomic mass is 9.74. The number of carbonyl (C=O) groups is 2. The monoisotopic (exact) mass is 284 g/mol. The zero-order valence-electron chi connectivity index (χ0n) is 13.0. The van der Waals surface area contributed by atoms with Gasteiger partial charge >= 0.3 is 11.9 Å². The van der Waals surface area contributed by atoms with Crippen molar-refractivity contribution < 1.29 is 19.1 Å². The van der Waals surface area contributed by atoms with E-state index in [9.17, 15) is 9.59 Å². The van der Waals surface area contributed by atoms with Crippen LogP contribution in [0.2, 0.25) is 0 Å². The fourth-order valence-corrected chi connectivity index (χ4v) is 3.12. The Bertz CT molecular complexity index is 308. The van der Waals surface area contributed by atoms with Gasteiger partial charge in [0.2, 0.25) is 0 Å². The molecule has 1 rings (SSSR count). The van der Waals surface area contributed by atoms with Crippen LogP contribution in [0, 0.1) is 17.8 Å². The molecular weight excluding hydrogens is 256 g/mol. The third-order valence-corrected chi connectivity index (χ3v) is 4.31. The molecule has 0 heterocycles. The van der Waals surface area contributed by atoms with Crippen molar-refractivity contribution >= 4 is 11.9 Å². The van der Waals surface area contributed by atoms with E-state index in [1.807, 2.05) is 0 Å². The van der Waals surface area contributed by atoms with Gasteiger partial charge in [-0.25, -0.2) is 0 Å². The summed E-state index contributed by atoms with van der Waals surface area (Å²) < 4.78 is 10.1. The fraction of sp³-hybridized carbons (Fsp3) is 0.875. The van der Waals surface area contributed by atoms with Crippen molar-refractivity contribution in [1.29, 1.82) is 0 Å². The summed E-state index contributed by atoms with van der Waals surface area (Å²) in [7, 11) is 0. The number of rotatable bonds is 7. The third kappa shape index (κ3) is 5.14. The molecule has 0 aromatic carbocycles. The van der Waals surface area contributed by atoms with E-state index in [2.05, 4.69) is 6.92 Å². The highest BCUT2D eigenvalue weighted by molar-refractivity contribution is 5.80. The zero-order chi connectivity index (χ0) is 15.0. The van der Waals surface area contributed by atoms with Crippen LogP contribution in [0.3, 0.4) is 0 Å². The van der Waals surface area contributed by atoms with Gasteiger partial charge < -0.3 is 9.47 Å². The maximum absolute atomic E-state index is 12.1. The molecule has 0 radical (unpaired) electrons. The molecule has 0 spiro atoms. The van der Waals surface area contributed by atoms with E-state index >= 15 is 0 Å². The molecule has 0 aliphatic heterocycles. The first-order chi connectivity index (χ1) is 9.60. The number of hydrogen-bond acceptors (Lipinski definition) is 4. The maximum Gasteiger partial charge on any atom is 0.309 e. The molecule has 0 aromatic rings. The lowest BCUT2D eigenvalue weighted by Crippen LogP contribution is -2.32. The van der Waals surface area contributed by atoms with Gasteiger partial charge in [-0.05, 0) is 25.7 Å². The van der Waals surface area contributed by atoms with Crippen LogP contribution in [-0.4, -0.2) is 25.2 Å². The molecule has 20 heavy (non-hydrogen) atoms. The van der Waals surface area contributed by atoms with Crippen LogP contribution in [0.4, 0.5) is 0 Å². The van der Waals surface area contributed by atoms with Crippen LogP contribution in [0.15, 0.2) is 0 Å². The van der Waals surface area contributed by atoms with Gasteiger partial charge in [0.25, 0.3) is 0 Å². The summed E-state index contributed by atoms with van der Waals surface area (Å²) in [5.41, 5.74) is 0. The molecule has 1 saturated carbocycles. The minimum Gasteiger partial charge on any atom is -0.466 e. The van der Waals surface area contributed by atoms with Gasteiger partial charge in [-0.1, -0.05) is 39.0 Å². The molecule has 0 saturated heterocycles. The topological polar surface area (TPSA) is 52.6 Å². The Labute approximate surface area is 122 Å². The lowest BCUT2D eigenvalue weighted by molar-refractivity contribution is -0.157. The van der Waals surface area contributed by atoms with Gasteiger partial charge in [0.15, 0.2) is 0 Å².